The van der Waals surface area contributed by atoms with Crippen LogP contribution in [-0.4, -0.2) is 52.5 Å². The lowest BCUT2D eigenvalue weighted by atomic mass is 10.1. The highest BCUT2D eigenvalue weighted by molar-refractivity contribution is 7.92. The number of hydrogen-bond donors (Lipinski definition) is 0. The molecule has 0 N–H and O–H groups in total. The summed E-state index contributed by atoms with van der Waals surface area (Å²) in [6.45, 7) is 9.04. The fourth-order valence-electron chi connectivity index (χ4n) is 4.23. The number of amides is 1. The van der Waals surface area contributed by atoms with Crippen LogP contribution in [-0.2, 0) is 10.0 Å². The van der Waals surface area contributed by atoms with Crippen LogP contribution in [0.15, 0.2) is 71.6 Å². The maximum absolute atomic E-state index is 13.1. The molecular formula is C27H31N3O3S. The van der Waals surface area contributed by atoms with Gasteiger partial charge in [-0.3, -0.25) is 9.10 Å². The quantitative estimate of drug-likeness (QED) is 0.547. The molecular weight excluding hydrogens is 446 g/mol. The molecule has 1 aliphatic heterocycles. The zero-order valence-corrected chi connectivity index (χ0v) is 21.0. The first-order valence-electron chi connectivity index (χ1n) is 11.4. The normalized spacial score (nSPS) is 14.2. The number of sulfonamides is 1. The molecule has 0 radical (unpaired) electrons. The summed E-state index contributed by atoms with van der Waals surface area (Å²) in [4.78, 5) is 17.5. The third-order valence-corrected chi connectivity index (χ3v) is 8.44. The number of carbonyl (C=O) groups excluding carboxylic acids is 1. The monoisotopic (exact) mass is 477 g/mol. The van der Waals surface area contributed by atoms with Gasteiger partial charge in [0.25, 0.3) is 15.9 Å². The summed E-state index contributed by atoms with van der Waals surface area (Å²) in [6.07, 6.45) is 0. The van der Waals surface area contributed by atoms with E-state index < -0.39 is 10.0 Å². The Hall–Kier alpha value is -3.32. The number of benzene rings is 3. The molecule has 0 bridgehead atoms. The maximum Gasteiger partial charge on any atom is 0.264 e. The second kappa shape index (κ2) is 9.50. The molecule has 0 aliphatic carbocycles. The average molecular weight is 478 g/mol. The second-order valence-corrected chi connectivity index (χ2v) is 10.8. The van der Waals surface area contributed by atoms with Crippen molar-refractivity contribution in [2.24, 2.45) is 0 Å². The summed E-state index contributed by atoms with van der Waals surface area (Å²) >= 11 is 0. The smallest absolute Gasteiger partial charge is 0.264 e. The Kier molecular flexibility index (Phi) is 6.66. The number of carbonyl (C=O) groups is 1. The van der Waals surface area contributed by atoms with Crippen molar-refractivity contribution in [2.45, 2.75) is 25.7 Å². The van der Waals surface area contributed by atoms with Gasteiger partial charge >= 0.3 is 0 Å². The number of anilines is 2. The van der Waals surface area contributed by atoms with Crippen LogP contribution in [0.25, 0.3) is 0 Å². The summed E-state index contributed by atoms with van der Waals surface area (Å²) < 4.78 is 27.1. The Morgan fingerprint density at radius 1 is 0.824 bits per heavy atom. The van der Waals surface area contributed by atoms with E-state index in [0.717, 1.165) is 18.7 Å². The summed E-state index contributed by atoms with van der Waals surface area (Å²) in [5.41, 5.74) is 5.85. The molecule has 1 amide bonds. The average Bonchev–Trinajstić information content (AvgIpc) is 2.85. The third kappa shape index (κ3) is 4.66. The van der Waals surface area contributed by atoms with Crippen LogP contribution >= 0.6 is 0 Å². The van der Waals surface area contributed by atoms with Crippen LogP contribution in [0.4, 0.5) is 11.4 Å². The van der Waals surface area contributed by atoms with Gasteiger partial charge in [-0.15, -0.1) is 0 Å². The van der Waals surface area contributed by atoms with Crippen LogP contribution in [0.1, 0.15) is 27.0 Å². The first kappa shape index (κ1) is 23.8. The van der Waals surface area contributed by atoms with Gasteiger partial charge in [-0.05, 0) is 74.4 Å². The van der Waals surface area contributed by atoms with Crippen molar-refractivity contribution in [3.63, 3.8) is 0 Å². The minimum atomic E-state index is -3.67. The number of rotatable bonds is 5. The largest absolute Gasteiger partial charge is 0.368 e. The molecule has 7 heteroatoms. The fourth-order valence-corrected chi connectivity index (χ4v) is 5.43. The first-order chi connectivity index (χ1) is 16.2. The van der Waals surface area contributed by atoms with E-state index >= 15 is 0 Å². The van der Waals surface area contributed by atoms with Crippen LogP contribution in [0.3, 0.4) is 0 Å². The topological polar surface area (TPSA) is 60.9 Å². The maximum atomic E-state index is 13.1. The van der Waals surface area contributed by atoms with E-state index in [1.54, 1.807) is 48.5 Å². The molecule has 0 saturated carbocycles. The Morgan fingerprint density at radius 3 is 2.06 bits per heavy atom. The fraction of sp³-hybridized carbons (Fsp3) is 0.296. The first-order valence-corrected chi connectivity index (χ1v) is 12.9. The zero-order chi connectivity index (χ0) is 24.5. The van der Waals surface area contributed by atoms with Crippen molar-refractivity contribution in [3.05, 3.63) is 89.0 Å². The van der Waals surface area contributed by atoms with Crippen molar-refractivity contribution in [2.75, 3.05) is 42.4 Å². The SMILES string of the molecule is Cc1ccc(S(=O)(=O)N(C)c2ccc(C(=O)N3CCN(c4cccc(C)c4C)CC3)cc2)cc1. The zero-order valence-electron chi connectivity index (χ0n) is 20.2. The molecule has 0 unspecified atom stereocenters. The van der Waals surface area contributed by atoms with E-state index in [-0.39, 0.29) is 10.8 Å². The molecule has 0 spiro atoms. The van der Waals surface area contributed by atoms with Gasteiger partial charge in [0.1, 0.15) is 0 Å². The Labute approximate surface area is 202 Å². The number of piperazine rings is 1. The van der Waals surface area contributed by atoms with Crippen molar-refractivity contribution in [1.82, 2.24) is 4.90 Å². The summed E-state index contributed by atoms with van der Waals surface area (Å²) in [6, 6.07) is 19.9. The van der Waals surface area contributed by atoms with Gasteiger partial charge in [0.05, 0.1) is 10.6 Å². The van der Waals surface area contributed by atoms with Crippen LogP contribution < -0.4 is 9.21 Å². The predicted molar refractivity (Wildman–Crippen MR) is 137 cm³/mol. The van der Waals surface area contributed by atoms with Gasteiger partial charge < -0.3 is 9.80 Å². The van der Waals surface area contributed by atoms with Gasteiger partial charge in [-0.1, -0.05) is 29.8 Å². The van der Waals surface area contributed by atoms with E-state index in [0.29, 0.717) is 24.3 Å². The molecule has 3 aromatic rings. The molecule has 1 aliphatic rings. The summed E-state index contributed by atoms with van der Waals surface area (Å²) in [5, 5.41) is 0. The van der Waals surface area contributed by atoms with Gasteiger partial charge in [0.15, 0.2) is 0 Å². The van der Waals surface area contributed by atoms with Gasteiger partial charge in [0.2, 0.25) is 0 Å². The molecule has 6 nitrogen and oxygen atoms in total. The number of nitrogens with zero attached hydrogens (tertiary/aromatic N) is 3. The molecule has 34 heavy (non-hydrogen) atoms. The van der Waals surface area contributed by atoms with Gasteiger partial charge in [-0.25, -0.2) is 8.42 Å². The predicted octanol–water partition coefficient (Wildman–Crippen LogP) is 4.40. The highest BCUT2D eigenvalue weighted by atomic mass is 32.2. The highest BCUT2D eigenvalue weighted by Crippen LogP contribution is 2.25. The lowest BCUT2D eigenvalue weighted by Gasteiger charge is -2.37. The van der Waals surface area contributed by atoms with Crippen molar-refractivity contribution in [3.8, 4) is 0 Å². The van der Waals surface area contributed by atoms with E-state index in [4.69, 9.17) is 0 Å². The highest BCUT2D eigenvalue weighted by Gasteiger charge is 2.25. The summed E-state index contributed by atoms with van der Waals surface area (Å²) in [7, 11) is -2.14. The molecule has 1 fully saturated rings. The Balaban J connectivity index is 1.42. The molecule has 1 saturated heterocycles. The van der Waals surface area contributed by atoms with E-state index in [1.165, 1.54) is 28.2 Å². The standard InChI is InChI=1S/C27H31N3O3S/c1-20-8-14-25(15-9-20)34(32,33)28(4)24-12-10-23(11-13-24)27(31)30-18-16-29(17-19-30)26-7-5-6-21(2)22(26)3/h5-15H,16-19H2,1-4H3. The van der Waals surface area contributed by atoms with E-state index in [1.807, 2.05) is 11.8 Å². The molecule has 178 valence electrons. The molecule has 1 heterocycles. The van der Waals surface area contributed by atoms with Crippen molar-refractivity contribution < 1.29 is 13.2 Å². The van der Waals surface area contributed by atoms with E-state index in [2.05, 4.69) is 36.9 Å². The van der Waals surface area contributed by atoms with E-state index in [9.17, 15) is 13.2 Å². The lowest BCUT2D eigenvalue weighted by Crippen LogP contribution is -2.49. The van der Waals surface area contributed by atoms with Crippen LogP contribution in [0.5, 0.6) is 0 Å². The molecule has 0 atom stereocenters. The molecule has 4 rings (SSSR count). The minimum absolute atomic E-state index is 0.0313. The van der Waals surface area contributed by atoms with Gasteiger partial charge in [0, 0.05) is 44.5 Å². The summed E-state index contributed by atoms with van der Waals surface area (Å²) in [5.74, 6) is -0.0313. The molecule has 3 aromatic carbocycles. The number of hydrogen-bond acceptors (Lipinski definition) is 4. The Bertz CT molecular complexity index is 1280. The number of aryl methyl sites for hydroxylation is 2. The third-order valence-electron chi connectivity index (χ3n) is 6.64. The lowest BCUT2D eigenvalue weighted by molar-refractivity contribution is 0.0747. The molecule has 0 aromatic heterocycles. The van der Waals surface area contributed by atoms with Crippen molar-refractivity contribution in [1.29, 1.82) is 0 Å². The van der Waals surface area contributed by atoms with Crippen molar-refractivity contribution >= 4 is 27.3 Å². The van der Waals surface area contributed by atoms with Crippen LogP contribution in [0, 0.1) is 20.8 Å². The minimum Gasteiger partial charge on any atom is -0.368 e. The second-order valence-electron chi connectivity index (χ2n) is 8.83. The Morgan fingerprint density at radius 2 is 1.44 bits per heavy atom. The van der Waals surface area contributed by atoms with Gasteiger partial charge in [-0.2, -0.15) is 0 Å². The van der Waals surface area contributed by atoms with Crippen LogP contribution in [0.2, 0.25) is 0 Å².